The van der Waals surface area contributed by atoms with Gasteiger partial charge in [-0.25, -0.2) is 4.98 Å². The van der Waals surface area contributed by atoms with Gasteiger partial charge in [0.1, 0.15) is 5.82 Å². The Bertz CT molecular complexity index is 1120. The van der Waals surface area contributed by atoms with E-state index in [9.17, 15) is 18.0 Å². The van der Waals surface area contributed by atoms with E-state index in [2.05, 4.69) is 16.9 Å². The molecule has 2 aromatic heterocycles. The predicted octanol–water partition coefficient (Wildman–Crippen LogP) is 5.66. The molecule has 0 aromatic carbocycles. The molecule has 0 saturated carbocycles. The number of rotatable bonds is 5. The summed E-state index contributed by atoms with van der Waals surface area (Å²) in [5, 5.41) is 2.67. The Balaban J connectivity index is 2.38. The van der Waals surface area contributed by atoms with Crippen LogP contribution < -0.4 is 10.7 Å². The standard InChI is InChI=1S/C22H20F3N3O/c1-3-8-16(9-4-2)28-19(27-15-10-6-5-7-11-15)14-18(29)20-17(22(23,24)25)12-13-26-21(20)28/h3-4,6,8-14,27H,1,5,7H2,2H3/b9-4-,16-8+. The van der Waals surface area contributed by atoms with Crippen LogP contribution in [-0.2, 0) is 6.18 Å². The van der Waals surface area contributed by atoms with Crippen LogP contribution in [0.25, 0.3) is 16.7 Å². The minimum atomic E-state index is -4.68. The highest BCUT2D eigenvalue weighted by Gasteiger charge is 2.34. The fraction of sp³-hybridized carbons (Fsp3) is 0.182. The molecule has 7 heteroatoms. The highest BCUT2D eigenvalue weighted by Crippen LogP contribution is 2.34. The van der Waals surface area contributed by atoms with Crippen LogP contribution in [0.4, 0.5) is 19.0 Å². The number of hydrogen-bond acceptors (Lipinski definition) is 3. The Labute approximate surface area is 166 Å². The molecule has 29 heavy (non-hydrogen) atoms. The van der Waals surface area contributed by atoms with Gasteiger partial charge in [-0.15, -0.1) is 0 Å². The second-order valence-corrected chi connectivity index (χ2v) is 6.38. The van der Waals surface area contributed by atoms with Gasteiger partial charge in [0, 0.05) is 23.7 Å². The second-order valence-electron chi connectivity index (χ2n) is 6.38. The zero-order valence-electron chi connectivity index (χ0n) is 15.8. The van der Waals surface area contributed by atoms with Crippen molar-refractivity contribution in [1.82, 2.24) is 9.55 Å². The van der Waals surface area contributed by atoms with Crippen molar-refractivity contribution in [1.29, 1.82) is 0 Å². The second kappa shape index (κ2) is 8.34. The lowest BCUT2D eigenvalue weighted by molar-refractivity contribution is -0.136. The van der Waals surface area contributed by atoms with Crippen LogP contribution in [0, 0.1) is 0 Å². The average Bonchev–Trinajstić information content (AvgIpc) is 2.68. The third-order valence-electron chi connectivity index (χ3n) is 4.35. The number of nitrogens with zero attached hydrogens (tertiary/aromatic N) is 2. The molecule has 0 amide bonds. The van der Waals surface area contributed by atoms with Crippen molar-refractivity contribution >= 4 is 22.5 Å². The molecule has 0 fully saturated rings. The van der Waals surface area contributed by atoms with Crippen molar-refractivity contribution < 1.29 is 13.2 Å². The van der Waals surface area contributed by atoms with Crippen LogP contribution in [0.3, 0.4) is 0 Å². The Hall–Kier alpha value is -3.35. The lowest BCUT2D eigenvalue weighted by Crippen LogP contribution is -2.19. The molecular formula is C22H20F3N3O. The maximum Gasteiger partial charge on any atom is 0.417 e. The third-order valence-corrected chi connectivity index (χ3v) is 4.35. The first-order valence-corrected chi connectivity index (χ1v) is 9.08. The smallest absolute Gasteiger partial charge is 0.341 e. The summed E-state index contributed by atoms with van der Waals surface area (Å²) < 4.78 is 42.1. The molecule has 1 aliphatic carbocycles. The monoisotopic (exact) mass is 399 g/mol. The van der Waals surface area contributed by atoms with Crippen molar-refractivity contribution in [2.45, 2.75) is 25.9 Å². The fourth-order valence-corrected chi connectivity index (χ4v) is 3.18. The van der Waals surface area contributed by atoms with Crippen molar-refractivity contribution in [2.24, 2.45) is 0 Å². The first-order valence-electron chi connectivity index (χ1n) is 9.08. The van der Waals surface area contributed by atoms with Gasteiger partial charge >= 0.3 is 6.18 Å². The fourth-order valence-electron chi connectivity index (χ4n) is 3.18. The number of nitrogens with one attached hydrogen (secondary N) is 1. The van der Waals surface area contributed by atoms with Crippen LogP contribution in [0.15, 0.2) is 77.9 Å². The van der Waals surface area contributed by atoms with Gasteiger partial charge in [-0.2, -0.15) is 13.2 Å². The number of pyridine rings is 2. The number of aromatic nitrogens is 2. The number of fused-ring (bicyclic) bond motifs is 1. The summed E-state index contributed by atoms with van der Waals surface area (Å²) in [6.45, 7) is 5.47. The Morgan fingerprint density at radius 1 is 1.34 bits per heavy atom. The van der Waals surface area contributed by atoms with Gasteiger partial charge in [0.15, 0.2) is 11.1 Å². The summed E-state index contributed by atoms with van der Waals surface area (Å²) in [7, 11) is 0. The summed E-state index contributed by atoms with van der Waals surface area (Å²) in [6.07, 6.45) is 10.6. The van der Waals surface area contributed by atoms with Crippen LogP contribution in [0.2, 0.25) is 0 Å². The van der Waals surface area contributed by atoms with E-state index in [0.717, 1.165) is 30.8 Å². The zero-order valence-corrected chi connectivity index (χ0v) is 15.8. The Morgan fingerprint density at radius 3 is 2.76 bits per heavy atom. The number of allylic oxidation sites excluding steroid dienone is 8. The molecule has 0 radical (unpaired) electrons. The number of anilines is 1. The van der Waals surface area contributed by atoms with Crippen molar-refractivity contribution in [3.8, 4) is 0 Å². The van der Waals surface area contributed by atoms with Crippen LogP contribution in [-0.4, -0.2) is 9.55 Å². The molecule has 0 bridgehead atoms. The highest BCUT2D eigenvalue weighted by molar-refractivity contribution is 5.86. The number of alkyl halides is 3. The molecule has 0 spiro atoms. The quantitative estimate of drug-likeness (QED) is 0.660. The normalized spacial score (nSPS) is 15.0. The van der Waals surface area contributed by atoms with Gasteiger partial charge in [-0.1, -0.05) is 30.9 Å². The molecule has 150 valence electrons. The largest absolute Gasteiger partial charge is 0.417 e. The Morgan fingerprint density at radius 2 is 2.14 bits per heavy atom. The maximum atomic E-state index is 13.5. The SMILES string of the molecule is C=C/C=C(\C=C/C)n1c(NC2=CCCC=C2)cc(=O)c2c(C(F)(F)F)ccnc21. The maximum absolute atomic E-state index is 13.5. The number of halogens is 3. The van der Waals surface area contributed by atoms with Gasteiger partial charge in [-0.05, 0) is 44.1 Å². The van der Waals surface area contributed by atoms with Gasteiger partial charge < -0.3 is 5.32 Å². The molecule has 1 aliphatic rings. The molecule has 0 atom stereocenters. The van der Waals surface area contributed by atoms with Crippen LogP contribution in [0.5, 0.6) is 0 Å². The first-order chi connectivity index (χ1) is 13.9. The summed E-state index contributed by atoms with van der Waals surface area (Å²) in [4.78, 5) is 16.8. The summed E-state index contributed by atoms with van der Waals surface area (Å²) in [6, 6.07) is 1.99. The zero-order chi connectivity index (χ0) is 21.0. The van der Waals surface area contributed by atoms with E-state index in [1.165, 1.54) is 16.7 Å². The van der Waals surface area contributed by atoms with E-state index in [0.29, 0.717) is 11.5 Å². The summed E-state index contributed by atoms with van der Waals surface area (Å²) in [5.74, 6) is 0.318. The van der Waals surface area contributed by atoms with E-state index < -0.39 is 22.6 Å². The van der Waals surface area contributed by atoms with E-state index >= 15 is 0 Å². The average molecular weight is 399 g/mol. The Kier molecular flexibility index (Phi) is 5.87. The minimum Gasteiger partial charge on any atom is -0.341 e. The molecule has 0 aliphatic heterocycles. The highest BCUT2D eigenvalue weighted by atomic mass is 19.4. The number of hydrogen-bond donors (Lipinski definition) is 1. The summed E-state index contributed by atoms with van der Waals surface area (Å²) >= 11 is 0. The van der Waals surface area contributed by atoms with Crippen molar-refractivity contribution in [3.05, 3.63) is 88.9 Å². The van der Waals surface area contributed by atoms with Crippen LogP contribution >= 0.6 is 0 Å². The van der Waals surface area contributed by atoms with E-state index in [1.54, 1.807) is 25.2 Å². The lowest BCUT2D eigenvalue weighted by atomic mass is 10.1. The topological polar surface area (TPSA) is 46.9 Å². The van der Waals surface area contributed by atoms with Gasteiger partial charge in [0.2, 0.25) is 0 Å². The third kappa shape index (κ3) is 4.23. The van der Waals surface area contributed by atoms with E-state index in [1.807, 2.05) is 18.2 Å². The molecule has 1 N–H and O–H groups in total. The van der Waals surface area contributed by atoms with Crippen molar-refractivity contribution in [3.63, 3.8) is 0 Å². The van der Waals surface area contributed by atoms with Gasteiger partial charge in [-0.3, -0.25) is 9.36 Å². The van der Waals surface area contributed by atoms with E-state index in [-0.39, 0.29) is 5.65 Å². The van der Waals surface area contributed by atoms with Crippen LogP contribution in [0.1, 0.15) is 25.3 Å². The van der Waals surface area contributed by atoms with E-state index in [4.69, 9.17) is 0 Å². The molecule has 4 nitrogen and oxygen atoms in total. The molecule has 0 unspecified atom stereocenters. The summed E-state index contributed by atoms with van der Waals surface area (Å²) in [5.41, 5.74) is -0.571. The molecule has 0 saturated heterocycles. The van der Waals surface area contributed by atoms with Gasteiger partial charge in [0.25, 0.3) is 0 Å². The first kappa shape index (κ1) is 20.4. The van der Waals surface area contributed by atoms with Gasteiger partial charge in [0.05, 0.1) is 10.9 Å². The lowest BCUT2D eigenvalue weighted by Gasteiger charge is -2.20. The molecular weight excluding hydrogens is 379 g/mol. The van der Waals surface area contributed by atoms with Crippen molar-refractivity contribution in [2.75, 3.05) is 5.32 Å². The minimum absolute atomic E-state index is 0.0820. The predicted molar refractivity (Wildman–Crippen MR) is 110 cm³/mol. The molecule has 3 rings (SSSR count). The molecule has 2 aromatic rings. The molecule has 2 heterocycles.